The molecule has 148 valence electrons. The van der Waals surface area contributed by atoms with Gasteiger partial charge in [0, 0.05) is 31.9 Å². The number of halogens is 1. The number of hydrogen-bond acceptors (Lipinski definition) is 4. The van der Waals surface area contributed by atoms with Crippen molar-refractivity contribution in [3.8, 4) is 0 Å². The maximum atomic E-state index is 12.3. The van der Waals surface area contributed by atoms with E-state index in [-0.39, 0.29) is 11.8 Å². The van der Waals surface area contributed by atoms with Gasteiger partial charge in [-0.15, -0.1) is 0 Å². The largest absolute Gasteiger partial charge is 0.325 e. The van der Waals surface area contributed by atoms with Crippen molar-refractivity contribution in [3.05, 3.63) is 59.1 Å². The maximum absolute atomic E-state index is 12.3. The SMILES string of the molecule is Cc1ccccc1NC(=O)CN1CCN(CC(=O)Nc2ccccc2Cl)CC1. The molecule has 1 heterocycles. The molecule has 0 aromatic heterocycles. The molecule has 6 nitrogen and oxygen atoms in total. The van der Waals surface area contributed by atoms with Crippen LogP contribution in [0.2, 0.25) is 5.02 Å². The minimum Gasteiger partial charge on any atom is -0.325 e. The monoisotopic (exact) mass is 400 g/mol. The number of rotatable bonds is 6. The maximum Gasteiger partial charge on any atom is 0.238 e. The van der Waals surface area contributed by atoms with Crippen LogP contribution in [0.25, 0.3) is 0 Å². The van der Waals surface area contributed by atoms with Crippen LogP contribution in [0, 0.1) is 6.92 Å². The molecule has 0 bridgehead atoms. The molecule has 0 atom stereocenters. The second-order valence-electron chi connectivity index (χ2n) is 6.94. The van der Waals surface area contributed by atoms with Crippen molar-refractivity contribution in [3.63, 3.8) is 0 Å². The number of carbonyl (C=O) groups excluding carboxylic acids is 2. The summed E-state index contributed by atoms with van der Waals surface area (Å²) < 4.78 is 0. The van der Waals surface area contributed by atoms with Gasteiger partial charge in [0.05, 0.1) is 23.8 Å². The van der Waals surface area contributed by atoms with Crippen LogP contribution in [0.15, 0.2) is 48.5 Å². The van der Waals surface area contributed by atoms with Crippen LogP contribution in [0.4, 0.5) is 11.4 Å². The number of nitrogens with zero attached hydrogens (tertiary/aromatic N) is 2. The minimum absolute atomic E-state index is 0.0146. The average Bonchev–Trinajstić information content (AvgIpc) is 2.67. The van der Waals surface area contributed by atoms with E-state index in [0.717, 1.165) is 37.4 Å². The molecule has 2 amide bonds. The van der Waals surface area contributed by atoms with Crippen molar-refractivity contribution in [2.24, 2.45) is 0 Å². The summed E-state index contributed by atoms with van der Waals surface area (Å²) in [6.07, 6.45) is 0. The molecular formula is C21H25ClN4O2. The van der Waals surface area contributed by atoms with Gasteiger partial charge >= 0.3 is 0 Å². The Hall–Kier alpha value is -2.41. The number of hydrogen-bond donors (Lipinski definition) is 2. The second-order valence-corrected chi connectivity index (χ2v) is 7.35. The van der Waals surface area contributed by atoms with Crippen molar-refractivity contribution in [1.29, 1.82) is 0 Å². The quantitative estimate of drug-likeness (QED) is 0.782. The van der Waals surface area contributed by atoms with Crippen LogP contribution >= 0.6 is 11.6 Å². The Morgan fingerprint density at radius 3 is 1.82 bits per heavy atom. The predicted octanol–water partition coefficient (Wildman–Crippen LogP) is 2.84. The zero-order valence-electron chi connectivity index (χ0n) is 16.0. The first-order chi connectivity index (χ1) is 13.5. The topological polar surface area (TPSA) is 64.7 Å². The summed E-state index contributed by atoms with van der Waals surface area (Å²) in [5, 5.41) is 6.33. The van der Waals surface area contributed by atoms with Gasteiger partial charge in [-0.25, -0.2) is 0 Å². The summed E-state index contributed by atoms with van der Waals surface area (Å²) in [7, 11) is 0. The third-order valence-electron chi connectivity index (χ3n) is 4.77. The Labute approximate surface area is 170 Å². The number of amides is 2. The Kier molecular flexibility index (Phi) is 7.03. The summed E-state index contributed by atoms with van der Waals surface area (Å²) in [5.41, 5.74) is 2.52. The van der Waals surface area contributed by atoms with Crippen molar-refractivity contribution >= 4 is 34.8 Å². The number of benzene rings is 2. The van der Waals surface area contributed by atoms with E-state index in [1.807, 2.05) is 43.3 Å². The molecule has 2 N–H and O–H groups in total. The molecule has 0 radical (unpaired) electrons. The molecule has 0 unspecified atom stereocenters. The third kappa shape index (κ3) is 5.79. The minimum atomic E-state index is -0.0844. The molecule has 0 spiro atoms. The van der Waals surface area contributed by atoms with E-state index in [2.05, 4.69) is 20.4 Å². The Morgan fingerprint density at radius 2 is 1.29 bits per heavy atom. The highest BCUT2D eigenvalue weighted by atomic mass is 35.5. The number of aryl methyl sites for hydroxylation is 1. The van der Waals surface area contributed by atoms with Crippen LogP contribution in [0.3, 0.4) is 0 Å². The molecule has 1 aliphatic rings. The lowest BCUT2D eigenvalue weighted by Crippen LogP contribution is -2.50. The lowest BCUT2D eigenvalue weighted by Gasteiger charge is -2.33. The molecule has 1 fully saturated rings. The molecule has 1 saturated heterocycles. The van der Waals surface area contributed by atoms with Gasteiger partial charge in [0.1, 0.15) is 0 Å². The molecule has 7 heteroatoms. The van der Waals surface area contributed by atoms with Crippen molar-refractivity contribution < 1.29 is 9.59 Å². The number of carbonyl (C=O) groups is 2. The standard InChI is InChI=1S/C21H25ClN4O2/c1-16-6-2-4-8-18(16)23-20(27)14-25-10-12-26(13-11-25)15-21(28)24-19-9-5-3-7-17(19)22/h2-9H,10-15H2,1H3,(H,23,27)(H,24,28). The lowest BCUT2D eigenvalue weighted by molar-refractivity contribution is -0.120. The summed E-state index contributed by atoms with van der Waals surface area (Å²) in [6.45, 7) is 5.63. The first-order valence-electron chi connectivity index (χ1n) is 9.36. The van der Waals surface area contributed by atoms with Gasteiger partial charge in [-0.1, -0.05) is 41.9 Å². The first-order valence-corrected chi connectivity index (χ1v) is 9.73. The molecule has 2 aromatic carbocycles. The van der Waals surface area contributed by atoms with E-state index in [0.29, 0.717) is 23.8 Å². The van der Waals surface area contributed by atoms with E-state index in [4.69, 9.17) is 11.6 Å². The van der Waals surface area contributed by atoms with Gasteiger partial charge in [-0.3, -0.25) is 19.4 Å². The Morgan fingerprint density at radius 1 is 0.821 bits per heavy atom. The highest BCUT2D eigenvalue weighted by molar-refractivity contribution is 6.33. The van der Waals surface area contributed by atoms with Crippen LogP contribution < -0.4 is 10.6 Å². The van der Waals surface area contributed by atoms with E-state index in [9.17, 15) is 9.59 Å². The van der Waals surface area contributed by atoms with Crippen molar-refractivity contribution in [2.45, 2.75) is 6.92 Å². The van der Waals surface area contributed by atoms with E-state index in [1.54, 1.807) is 12.1 Å². The van der Waals surface area contributed by atoms with Gasteiger partial charge in [0.25, 0.3) is 0 Å². The Balaban J connectivity index is 1.40. The zero-order chi connectivity index (χ0) is 19.9. The van der Waals surface area contributed by atoms with E-state index < -0.39 is 0 Å². The molecular weight excluding hydrogens is 376 g/mol. The lowest BCUT2D eigenvalue weighted by atomic mass is 10.2. The summed E-state index contributed by atoms with van der Waals surface area (Å²) >= 11 is 6.07. The zero-order valence-corrected chi connectivity index (χ0v) is 16.7. The highest BCUT2D eigenvalue weighted by Crippen LogP contribution is 2.20. The van der Waals surface area contributed by atoms with Crippen LogP contribution in [0.1, 0.15) is 5.56 Å². The van der Waals surface area contributed by atoms with Crippen LogP contribution in [-0.2, 0) is 9.59 Å². The van der Waals surface area contributed by atoms with E-state index >= 15 is 0 Å². The van der Waals surface area contributed by atoms with Crippen molar-refractivity contribution in [2.75, 3.05) is 49.9 Å². The highest BCUT2D eigenvalue weighted by Gasteiger charge is 2.21. The van der Waals surface area contributed by atoms with Gasteiger partial charge in [0.15, 0.2) is 0 Å². The average molecular weight is 401 g/mol. The summed E-state index contributed by atoms with van der Waals surface area (Å²) in [5.74, 6) is -0.0990. The Bertz CT molecular complexity index is 765. The molecule has 3 rings (SSSR count). The summed E-state index contributed by atoms with van der Waals surface area (Å²) in [4.78, 5) is 28.7. The summed E-state index contributed by atoms with van der Waals surface area (Å²) in [6, 6.07) is 14.9. The molecule has 28 heavy (non-hydrogen) atoms. The second kappa shape index (κ2) is 9.68. The molecule has 0 saturated carbocycles. The van der Waals surface area contributed by atoms with Crippen LogP contribution in [-0.4, -0.2) is 60.9 Å². The van der Waals surface area contributed by atoms with Gasteiger partial charge < -0.3 is 10.6 Å². The third-order valence-corrected chi connectivity index (χ3v) is 5.10. The van der Waals surface area contributed by atoms with Gasteiger partial charge in [-0.05, 0) is 30.7 Å². The number of piperazine rings is 1. The molecule has 1 aliphatic heterocycles. The fourth-order valence-corrected chi connectivity index (χ4v) is 3.35. The van der Waals surface area contributed by atoms with Crippen molar-refractivity contribution in [1.82, 2.24) is 9.80 Å². The van der Waals surface area contributed by atoms with E-state index in [1.165, 1.54) is 0 Å². The predicted molar refractivity (Wildman–Crippen MR) is 113 cm³/mol. The normalized spacial score (nSPS) is 15.2. The number of nitrogens with one attached hydrogen (secondary N) is 2. The number of anilines is 2. The fourth-order valence-electron chi connectivity index (χ4n) is 3.17. The molecule has 2 aromatic rings. The smallest absolute Gasteiger partial charge is 0.238 e. The number of para-hydroxylation sites is 2. The van der Waals surface area contributed by atoms with Gasteiger partial charge in [0.2, 0.25) is 11.8 Å². The fraction of sp³-hybridized carbons (Fsp3) is 0.333. The molecule has 0 aliphatic carbocycles. The first kappa shape index (κ1) is 20.3. The van der Waals surface area contributed by atoms with Gasteiger partial charge in [-0.2, -0.15) is 0 Å². The van der Waals surface area contributed by atoms with Crippen LogP contribution in [0.5, 0.6) is 0 Å².